The molecule has 1 atom stereocenters. The van der Waals surface area contributed by atoms with Gasteiger partial charge in [0.2, 0.25) is 0 Å². The van der Waals surface area contributed by atoms with Crippen LogP contribution >= 0.6 is 0 Å². The van der Waals surface area contributed by atoms with E-state index in [0.717, 1.165) is 31.0 Å². The summed E-state index contributed by atoms with van der Waals surface area (Å²) >= 11 is 0. The maximum atomic E-state index is 5.85. The van der Waals surface area contributed by atoms with E-state index in [1.54, 1.807) is 0 Å². The second kappa shape index (κ2) is 3.63. The van der Waals surface area contributed by atoms with E-state index in [0.29, 0.717) is 11.8 Å². The topological polar surface area (TPSA) is 52.0 Å². The summed E-state index contributed by atoms with van der Waals surface area (Å²) in [5.41, 5.74) is 6.87. The fourth-order valence-electron chi connectivity index (χ4n) is 2.51. The van der Waals surface area contributed by atoms with Crippen LogP contribution in [-0.2, 0) is 6.42 Å². The normalized spacial score (nSPS) is 25.3. The lowest BCUT2D eigenvalue weighted by molar-refractivity contribution is 0.420. The Labute approximate surface area is 90.1 Å². The number of fused-ring (bicyclic) bond motifs is 1. The number of rotatable bonds is 3. The Morgan fingerprint density at radius 2 is 2.20 bits per heavy atom. The molecule has 82 valence electrons. The highest BCUT2D eigenvalue weighted by Gasteiger charge is 2.32. The minimum absolute atomic E-state index is 0.565. The molecule has 3 heteroatoms. The second-order valence-corrected chi connectivity index (χ2v) is 4.80. The number of nitrogens with two attached hydrogens (primary N) is 1. The van der Waals surface area contributed by atoms with Crippen molar-refractivity contribution in [3.05, 3.63) is 17.3 Å². The molecular formula is C12H18N2O. The highest BCUT2D eigenvalue weighted by molar-refractivity contribution is 5.21. The first-order valence-electron chi connectivity index (χ1n) is 6.08. The quantitative estimate of drug-likeness (QED) is 0.825. The van der Waals surface area contributed by atoms with Crippen LogP contribution in [0.25, 0.3) is 0 Å². The smallest absolute Gasteiger partial charge is 0.197 e. The van der Waals surface area contributed by atoms with Crippen molar-refractivity contribution in [1.82, 2.24) is 4.98 Å². The van der Waals surface area contributed by atoms with Gasteiger partial charge in [-0.15, -0.1) is 0 Å². The van der Waals surface area contributed by atoms with E-state index < -0.39 is 0 Å². The lowest BCUT2D eigenvalue weighted by atomic mass is 9.88. The van der Waals surface area contributed by atoms with Crippen LogP contribution in [-0.4, -0.2) is 11.5 Å². The Hall–Kier alpha value is -0.830. The molecule has 0 aliphatic heterocycles. The van der Waals surface area contributed by atoms with Gasteiger partial charge >= 0.3 is 0 Å². The van der Waals surface area contributed by atoms with Crippen LogP contribution < -0.4 is 5.73 Å². The highest BCUT2D eigenvalue weighted by atomic mass is 16.4. The highest BCUT2D eigenvalue weighted by Crippen LogP contribution is 2.43. The molecule has 0 aromatic carbocycles. The molecule has 0 amide bonds. The molecule has 3 rings (SSSR count). The Bertz CT molecular complexity index is 355. The summed E-state index contributed by atoms with van der Waals surface area (Å²) < 4.78 is 5.85. The summed E-state index contributed by atoms with van der Waals surface area (Å²) in [6.45, 7) is 0.760. The fraction of sp³-hybridized carbons (Fsp3) is 0.750. The van der Waals surface area contributed by atoms with E-state index in [1.807, 2.05) is 0 Å². The molecule has 1 saturated carbocycles. The molecule has 1 heterocycles. The third-order valence-electron chi connectivity index (χ3n) is 3.53. The number of nitrogens with zero attached hydrogens (tertiary/aromatic N) is 1. The van der Waals surface area contributed by atoms with E-state index in [-0.39, 0.29) is 0 Å². The third kappa shape index (κ3) is 1.69. The molecule has 15 heavy (non-hydrogen) atoms. The van der Waals surface area contributed by atoms with Crippen LogP contribution in [0.2, 0.25) is 0 Å². The molecule has 2 aliphatic carbocycles. The van der Waals surface area contributed by atoms with Crippen LogP contribution in [0, 0.1) is 0 Å². The van der Waals surface area contributed by atoms with Crippen LogP contribution in [0.5, 0.6) is 0 Å². The Morgan fingerprint density at radius 3 is 2.93 bits per heavy atom. The van der Waals surface area contributed by atoms with Crippen molar-refractivity contribution in [2.24, 2.45) is 5.73 Å². The van der Waals surface area contributed by atoms with Gasteiger partial charge in [0.25, 0.3) is 0 Å². The molecule has 0 spiro atoms. The Morgan fingerprint density at radius 1 is 1.33 bits per heavy atom. The van der Waals surface area contributed by atoms with Crippen LogP contribution in [0.15, 0.2) is 4.42 Å². The van der Waals surface area contributed by atoms with E-state index in [2.05, 4.69) is 0 Å². The number of aryl methyl sites for hydroxylation is 1. The summed E-state index contributed by atoms with van der Waals surface area (Å²) in [4.78, 5) is 4.69. The van der Waals surface area contributed by atoms with E-state index in [1.165, 1.54) is 31.4 Å². The number of oxazole rings is 1. The fourth-order valence-corrected chi connectivity index (χ4v) is 2.51. The minimum atomic E-state index is 0.565. The summed E-state index contributed by atoms with van der Waals surface area (Å²) in [6.07, 6.45) is 7.14. The largest absolute Gasteiger partial charge is 0.445 e. The third-order valence-corrected chi connectivity index (χ3v) is 3.53. The number of hydrogen-bond acceptors (Lipinski definition) is 3. The van der Waals surface area contributed by atoms with Crippen molar-refractivity contribution in [3.8, 4) is 0 Å². The van der Waals surface area contributed by atoms with Crippen LogP contribution in [0.4, 0.5) is 0 Å². The SMILES string of the molecule is NCCC1CCCc2oc(C3CC3)nc21. The van der Waals surface area contributed by atoms with Crippen molar-refractivity contribution < 1.29 is 4.42 Å². The van der Waals surface area contributed by atoms with Crippen molar-refractivity contribution in [2.45, 2.75) is 50.4 Å². The summed E-state index contributed by atoms with van der Waals surface area (Å²) in [5, 5.41) is 0. The average molecular weight is 206 g/mol. The molecule has 0 bridgehead atoms. The van der Waals surface area contributed by atoms with E-state index in [9.17, 15) is 0 Å². The number of hydrogen-bond donors (Lipinski definition) is 1. The summed E-state index contributed by atoms with van der Waals surface area (Å²) in [7, 11) is 0. The van der Waals surface area contributed by atoms with Gasteiger partial charge in [-0.2, -0.15) is 0 Å². The zero-order chi connectivity index (χ0) is 10.3. The van der Waals surface area contributed by atoms with Gasteiger partial charge in [-0.3, -0.25) is 0 Å². The summed E-state index contributed by atoms with van der Waals surface area (Å²) in [6, 6.07) is 0. The lowest BCUT2D eigenvalue weighted by Gasteiger charge is -2.18. The van der Waals surface area contributed by atoms with Crippen molar-refractivity contribution in [3.63, 3.8) is 0 Å². The van der Waals surface area contributed by atoms with Crippen molar-refractivity contribution in [2.75, 3.05) is 6.54 Å². The molecule has 1 aromatic heterocycles. The van der Waals surface area contributed by atoms with E-state index >= 15 is 0 Å². The Kier molecular flexibility index (Phi) is 2.28. The minimum Gasteiger partial charge on any atom is -0.445 e. The van der Waals surface area contributed by atoms with Gasteiger partial charge in [0.1, 0.15) is 5.76 Å². The summed E-state index contributed by atoms with van der Waals surface area (Å²) in [5.74, 6) is 3.36. The van der Waals surface area contributed by atoms with Gasteiger partial charge in [-0.1, -0.05) is 0 Å². The average Bonchev–Trinajstić information content (AvgIpc) is 2.99. The predicted molar refractivity (Wildman–Crippen MR) is 57.8 cm³/mol. The molecule has 2 N–H and O–H groups in total. The van der Waals surface area contributed by atoms with Crippen molar-refractivity contribution in [1.29, 1.82) is 0 Å². The van der Waals surface area contributed by atoms with Crippen LogP contribution in [0.3, 0.4) is 0 Å². The van der Waals surface area contributed by atoms with Crippen molar-refractivity contribution >= 4 is 0 Å². The molecule has 0 radical (unpaired) electrons. The first-order chi connectivity index (χ1) is 7.38. The first kappa shape index (κ1) is 9.40. The van der Waals surface area contributed by atoms with Gasteiger partial charge in [0.15, 0.2) is 5.89 Å². The maximum absolute atomic E-state index is 5.85. The van der Waals surface area contributed by atoms with Gasteiger partial charge in [0.05, 0.1) is 5.69 Å². The molecule has 2 aliphatic rings. The zero-order valence-corrected chi connectivity index (χ0v) is 9.04. The Balaban J connectivity index is 1.88. The lowest BCUT2D eigenvalue weighted by Crippen LogP contribution is -2.13. The molecule has 0 saturated heterocycles. The first-order valence-corrected chi connectivity index (χ1v) is 6.08. The molecule has 1 unspecified atom stereocenters. The van der Waals surface area contributed by atoms with E-state index in [4.69, 9.17) is 15.1 Å². The van der Waals surface area contributed by atoms with Gasteiger partial charge in [-0.25, -0.2) is 4.98 Å². The van der Waals surface area contributed by atoms with Gasteiger partial charge in [-0.05, 0) is 38.6 Å². The monoisotopic (exact) mass is 206 g/mol. The standard InChI is InChI=1S/C12H18N2O/c13-7-6-8-2-1-3-10-11(8)14-12(15-10)9-4-5-9/h8-9H,1-7,13H2. The molecule has 1 fully saturated rings. The molecule has 1 aromatic rings. The van der Waals surface area contributed by atoms with Gasteiger partial charge in [0, 0.05) is 18.3 Å². The number of aromatic nitrogens is 1. The molecular weight excluding hydrogens is 188 g/mol. The maximum Gasteiger partial charge on any atom is 0.197 e. The molecule has 3 nitrogen and oxygen atoms in total. The second-order valence-electron chi connectivity index (χ2n) is 4.80. The zero-order valence-electron chi connectivity index (χ0n) is 9.04. The van der Waals surface area contributed by atoms with Crippen LogP contribution in [0.1, 0.15) is 61.3 Å². The van der Waals surface area contributed by atoms with Gasteiger partial charge < -0.3 is 10.2 Å². The predicted octanol–water partition coefficient (Wildman–Crippen LogP) is 2.32.